The summed E-state index contributed by atoms with van der Waals surface area (Å²) in [5.74, 6) is -0.590. The third kappa shape index (κ3) is 5.12. The van der Waals surface area contributed by atoms with Gasteiger partial charge in [0.2, 0.25) is 0 Å². The van der Waals surface area contributed by atoms with Crippen molar-refractivity contribution < 1.29 is 14.3 Å². The van der Waals surface area contributed by atoms with Gasteiger partial charge in [-0.25, -0.2) is 19.2 Å². The van der Waals surface area contributed by atoms with Crippen LogP contribution in [0.4, 0.5) is 9.18 Å². The first-order valence-electron chi connectivity index (χ1n) is 9.65. The number of carbonyl (C=O) groups is 1. The Labute approximate surface area is 183 Å². The maximum Gasteiger partial charge on any atom is 0.404 e. The minimum Gasteiger partial charge on any atom is -0.465 e. The molecule has 7 nitrogen and oxygen atoms in total. The Morgan fingerprint density at radius 2 is 2.13 bits per heavy atom. The normalized spacial score (nSPS) is 15.6. The van der Waals surface area contributed by atoms with Gasteiger partial charge in [-0.15, -0.1) is 0 Å². The number of piperidine rings is 1. The molecule has 158 valence electrons. The Morgan fingerprint density at radius 3 is 2.73 bits per heavy atom. The van der Waals surface area contributed by atoms with Gasteiger partial charge in [-0.3, -0.25) is 4.90 Å². The number of likely N-dealkylation sites (tertiary alicyclic amines) is 1. The molecule has 0 saturated carbocycles. The zero-order chi connectivity index (χ0) is 21.9. The highest BCUT2D eigenvalue weighted by Gasteiger charge is 2.32. The van der Waals surface area contributed by atoms with Crippen LogP contribution in [-0.4, -0.2) is 50.7 Å². The highest BCUT2D eigenvalue weighted by molar-refractivity contribution is 9.10. The molecule has 1 aliphatic heterocycles. The second-order valence-electron chi connectivity index (χ2n) is 8.01. The summed E-state index contributed by atoms with van der Waals surface area (Å²) in [7, 11) is 0. The van der Waals surface area contributed by atoms with E-state index in [-0.39, 0.29) is 17.1 Å². The molecule has 0 unspecified atom stereocenters. The molecule has 30 heavy (non-hydrogen) atoms. The van der Waals surface area contributed by atoms with Crippen molar-refractivity contribution in [2.45, 2.75) is 44.7 Å². The van der Waals surface area contributed by atoms with E-state index in [4.69, 9.17) is 15.4 Å². The number of carboxylic acid groups (broad SMARTS) is 1. The van der Waals surface area contributed by atoms with E-state index in [0.29, 0.717) is 22.3 Å². The molecule has 1 aromatic heterocycles. The van der Waals surface area contributed by atoms with E-state index < -0.39 is 11.9 Å². The molecule has 9 heteroatoms. The van der Waals surface area contributed by atoms with Crippen molar-refractivity contribution in [2.24, 2.45) is 0 Å². The number of nitriles is 1. The van der Waals surface area contributed by atoms with Gasteiger partial charge in [-0.05, 0) is 54.8 Å². The van der Waals surface area contributed by atoms with E-state index >= 15 is 0 Å². The minimum atomic E-state index is -0.982. The Kier molecular flexibility index (Phi) is 6.68. The molecule has 2 aromatic rings. The highest BCUT2D eigenvalue weighted by atomic mass is 79.9. The van der Waals surface area contributed by atoms with Crippen LogP contribution in [0.3, 0.4) is 0 Å². The summed E-state index contributed by atoms with van der Waals surface area (Å²) >= 11 is 3.38. The average molecular weight is 476 g/mol. The lowest BCUT2D eigenvalue weighted by Crippen LogP contribution is -2.53. The Balaban J connectivity index is 1.75. The number of hydrogen-bond donors (Lipinski definition) is 2. The largest absolute Gasteiger partial charge is 0.465 e. The fourth-order valence-corrected chi connectivity index (χ4v) is 4.21. The molecule has 0 atom stereocenters. The molecule has 2 heterocycles. The predicted octanol–water partition coefficient (Wildman–Crippen LogP) is 3.97. The molecular formula is C21H23BrFN5O2. The van der Waals surface area contributed by atoms with Crippen LogP contribution in [0.1, 0.15) is 37.9 Å². The van der Waals surface area contributed by atoms with Gasteiger partial charge in [0.1, 0.15) is 22.2 Å². The van der Waals surface area contributed by atoms with E-state index in [1.165, 1.54) is 12.1 Å². The third-order valence-electron chi connectivity index (χ3n) is 5.43. The molecule has 1 fully saturated rings. The summed E-state index contributed by atoms with van der Waals surface area (Å²) in [6.07, 6.45) is 2.88. The zero-order valence-corrected chi connectivity index (χ0v) is 18.4. The van der Waals surface area contributed by atoms with Crippen molar-refractivity contribution in [1.82, 2.24) is 20.2 Å². The molecule has 1 saturated heterocycles. The van der Waals surface area contributed by atoms with E-state index in [9.17, 15) is 9.18 Å². The Hall–Kier alpha value is -2.57. The molecular weight excluding hydrogens is 453 g/mol. The Morgan fingerprint density at radius 1 is 1.43 bits per heavy atom. The summed E-state index contributed by atoms with van der Waals surface area (Å²) in [6, 6.07) is 6.19. The summed E-state index contributed by atoms with van der Waals surface area (Å²) in [5, 5.41) is 20.4. The summed E-state index contributed by atoms with van der Waals surface area (Å²) in [5.41, 5.74) is 1.63. The SMILES string of the molecule is CC(C)(Cc1cnc(Br)c(-c2ccc(C#N)c(F)c2)n1)N1CCC(NC(=O)O)CC1. The maximum atomic E-state index is 14.1. The number of hydrogen-bond acceptors (Lipinski definition) is 5. The fraction of sp³-hybridized carbons (Fsp3) is 0.429. The first-order valence-corrected chi connectivity index (χ1v) is 10.4. The first kappa shape index (κ1) is 22.1. The van der Waals surface area contributed by atoms with Crippen molar-refractivity contribution in [3.63, 3.8) is 0 Å². The number of rotatable bonds is 5. The summed E-state index contributed by atoms with van der Waals surface area (Å²) < 4.78 is 14.6. The molecule has 2 N–H and O–H groups in total. The van der Waals surface area contributed by atoms with Crippen LogP contribution in [0.5, 0.6) is 0 Å². The Bertz CT molecular complexity index is 984. The lowest BCUT2D eigenvalue weighted by Gasteiger charge is -2.43. The highest BCUT2D eigenvalue weighted by Crippen LogP contribution is 2.29. The van der Waals surface area contributed by atoms with Gasteiger partial charge in [0.05, 0.1) is 11.3 Å². The van der Waals surface area contributed by atoms with Crippen LogP contribution in [-0.2, 0) is 6.42 Å². The van der Waals surface area contributed by atoms with Crippen LogP contribution < -0.4 is 5.32 Å². The molecule has 1 amide bonds. The maximum absolute atomic E-state index is 14.1. The van der Waals surface area contributed by atoms with Crippen LogP contribution in [0, 0.1) is 17.1 Å². The summed E-state index contributed by atoms with van der Waals surface area (Å²) in [6.45, 7) is 5.83. The molecule has 1 aliphatic rings. The average Bonchev–Trinajstić information content (AvgIpc) is 2.69. The van der Waals surface area contributed by atoms with E-state index in [0.717, 1.165) is 31.6 Å². The van der Waals surface area contributed by atoms with Crippen molar-refractivity contribution in [2.75, 3.05) is 13.1 Å². The van der Waals surface area contributed by atoms with Crippen LogP contribution >= 0.6 is 15.9 Å². The van der Waals surface area contributed by atoms with Crippen molar-refractivity contribution in [3.05, 3.63) is 46.1 Å². The molecule has 0 bridgehead atoms. The number of nitrogens with zero attached hydrogens (tertiary/aromatic N) is 4. The second-order valence-corrected chi connectivity index (χ2v) is 8.76. The van der Waals surface area contributed by atoms with Gasteiger partial charge in [-0.1, -0.05) is 6.07 Å². The number of aromatic nitrogens is 2. The zero-order valence-electron chi connectivity index (χ0n) is 16.8. The van der Waals surface area contributed by atoms with Gasteiger partial charge in [0.25, 0.3) is 0 Å². The van der Waals surface area contributed by atoms with Crippen molar-refractivity contribution in [1.29, 1.82) is 5.26 Å². The smallest absolute Gasteiger partial charge is 0.404 e. The van der Waals surface area contributed by atoms with Gasteiger partial charge >= 0.3 is 6.09 Å². The topological polar surface area (TPSA) is 102 Å². The quantitative estimate of drug-likeness (QED) is 0.677. The van der Waals surface area contributed by atoms with Gasteiger partial charge < -0.3 is 10.4 Å². The molecule has 0 aliphatic carbocycles. The van der Waals surface area contributed by atoms with Crippen LogP contribution in [0.2, 0.25) is 0 Å². The number of amides is 1. The van der Waals surface area contributed by atoms with Gasteiger partial charge in [-0.2, -0.15) is 5.26 Å². The van der Waals surface area contributed by atoms with Crippen molar-refractivity contribution in [3.8, 4) is 17.3 Å². The number of nitrogens with one attached hydrogen (secondary N) is 1. The van der Waals surface area contributed by atoms with Gasteiger partial charge in [0.15, 0.2) is 0 Å². The van der Waals surface area contributed by atoms with E-state index in [2.05, 4.69) is 45.0 Å². The fourth-order valence-electron chi connectivity index (χ4n) is 3.79. The third-order valence-corrected chi connectivity index (χ3v) is 6.01. The van der Waals surface area contributed by atoms with E-state index in [1.54, 1.807) is 12.3 Å². The molecule has 0 radical (unpaired) electrons. The first-order chi connectivity index (χ1) is 14.2. The standard InChI is InChI=1S/C21H23BrFN5O2/c1-21(2,28-7-5-15(6-8-28)27-20(29)30)10-16-12-25-19(22)18(26-16)13-3-4-14(11-24)17(23)9-13/h3-4,9,12,15,27H,5-8,10H2,1-2H3,(H,29,30). The monoisotopic (exact) mass is 475 g/mol. The lowest BCUT2D eigenvalue weighted by atomic mass is 9.92. The van der Waals surface area contributed by atoms with Crippen LogP contribution in [0.15, 0.2) is 29.0 Å². The molecule has 3 rings (SSSR count). The number of benzene rings is 1. The number of halogens is 2. The minimum absolute atomic E-state index is 0.0130. The van der Waals surface area contributed by atoms with E-state index in [1.807, 2.05) is 6.07 Å². The summed E-state index contributed by atoms with van der Waals surface area (Å²) in [4.78, 5) is 22.2. The van der Waals surface area contributed by atoms with Crippen molar-refractivity contribution >= 4 is 22.0 Å². The lowest BCUT2D eigenvalue weighted by molar-refractivity contribution is 0.0815. The predicted molar refractivity (Wildman–Crippen MR) is 113 cm³/mol. The van der Waals surface area contributed by atoms with Crippen LogP contribution in [0.25, 0.3) is 11.3 Å². The molecule has 1 aromatic carbocycles. The second kappa shape index (κ2) is 9.06. The molecule has 0 spiro atoms. The van der Waals surface area contributed by atoms with Gasteiger partial charge in [0, 0.05) is 42.9 Å².